The lowest BCUT2D eigenvalue weighted by Crippen LogP contribution is -2.30. The molecule has 0 aliphatic heterocycles. The van der Waals surface area contributed by atoms with Crippen molar-refractivity contribution >= 4 is 23.0 Å². The number of benzene rings is 2. The number of unbranched alkanes of at least 4 members (excludes halogenated alkanes) is 1. The van der Waals surface area contributed by atoms with Crippen LogP contribution in [0.25, 0.3) is 0 Å². The lowest BCUT2D eigenvalue weighted by atomic mass is 10.1. The molecule has 0 bridgehead atoms. The Kier molecular flexibility index (Phi) is 7.26. The first-order chi connectivity index (χ1) is 11.6. The van der Waals surface area contributed by atoms with Crippen LogP contribution in [0.15, 0.2) is 48.5 Å². The van der Waals surface area contributed by atoms with E-state index in [9.17, 15) is 0 Å². The minimum atomic E-state index is 0.180. The largest absolute Gasteiger partial charge is 0.356 e. The van der Waals surface area contributed by atoms with Gasteiger partial charge in [0.2, 0.25) is 0 Å². The number of rotatable bonds is 7. The van der Waals surface area contributed by atoms with Gasteiger partial charge in [0.05, 0.1) is 6.04 Å². The van der Waals surface area contributed by atoms with Crippen LogP contribution >= 0.6 is 12.2 Å². The average molecular weight is 341 g/mol. The number of hydrogen-bond acceptors (Lipinski definition) is 1. The van der Waals surface area contributed by atoms with Crippen molar-refractivity contribution in [1.29, 1.82) is 0 Å². The number of hydrogen-bond donors (Lipinski definition) is 2. The maximum Gasteiger partial charge on any atom is 0.171 e. The topological polar surface area (TPSA) is 24.1 Å². The molecule has 0 saturated carbocycles. The van der Waals surface area contributed by atoms with E-state index in [0.29, 0.717) is 5.11 Å². The molecule has 0 aliphatic carbocycles. The van der Waals surface area contributed by atoms with Crippen molar-refractivity contribution in [2.45, 2.75) is 52.5 Å². The molecule has 2 nitrogen and oxygen atoms in total. The summed E-state index contributed by atoms with van der Waals surface area (Å²) in [5.74, 6) is 0. The van der Waals surface area contributed by atoms with E-state index in [-0.39, 0.29) is 6.04 Å². The van der Waals surface area contributed by atoms with Gasteiger partial charge in [-0.3, -0.25) is 0 Å². The highest BCUT2D eigenvalue weighted by atomic mass is 32.1. The molecular formula is C21H28N2S. The average Bonchev–Trinajstić information content (AvgIpc) is 2.61. The van der Waals surface area contributed by atoms with Crippen LogP contribution in [0.5, 0.6) is 0 Å². The van der Waals surface area contributed by atoms with Gasteiger partial charge in [0.1, 0.15) is 0 Å². The zero-order chi connectivity index (χ0) is 17.4. The van der Waals surface area contributed by atoms with E-state index in [2.05, 4.69) is 79.9 Å². The standard InChI is InChI=1S/C21H28N2S/c1-4-6-7-18-10-14-20(15-11-18)23-21(24)22-16(3)19-12-8-17(5-2)9-13-19/h8-16H,4-7H2,1-3H3,(H2,22,23,24). The van der Waals surface area contributed by atoms with Gasteiger partial charge in [-0.05, 0) is 67.2 Å². The number of anilines is 1. The van der Waals surface area contributed by atoms with Gasteiger partial charge in [0.25, 0.3) is 0 Å². The van der Waals surface area contributed by atoms with Gasteiger partial charge in [-0.1, -0.05) is 56.7 Å². The zero-order valence-electron chi connectivity index (χ0n) is 14.9. The fraction of sp³-hybridized carbons (Fsp3) is 0.381. The van der Waals surface area contributed by atoms with Gasteiger partial charge in [-0.25, -0.2) is 0 Å². The predicted molar refractivity (Wildman–Crippen MR) is 109 cm³/mol. The minimum absolute atomic E-state index is 0.180. The summed E-state index contributed by atoms with van der Waals surface area (Å²) in [4.78, 5) is 0. The maximum atomic E-state index is 5.44. The summed E-state index contributed by atoms with van der Waals surface area (Å²) in [6.07, 6.45) is 4.67. The predicted octanol–water partition coefficient (Wildman–Crippen LogP) is 5.64. The first-order valence-corrected chi connectivity index (χ1v) is 9.28. The van der Waals surface area contributed by atoms with Gasteiger partial charge in [0, 0.05) is 5.69 Å². The molecule has 0 saturated heterocycles. The Bertz CT molecular complexity index is 632. The molecule has 0 fully saturated rings. The quantitative estimate of drug-likeness (QED) is 0.638. The molecule has 2 aromatic rings. The normalized spacial score (nSPS) is 11.8. The van der Waals surface area contributed by atoms with Gasteiger partial charge in [0.15, 0.2) is 5.11 Å². The fourth-order valence-corrected chi connectivity index (χ4v) is 2.92. The van der Waals surface area contributed by atoms with Gasteiger partial charge in [-0.2, -0.15) is 0 Å². The molecule has 0 amide bonds. The zero-order valence-corrected chi connectivity index (χ0v) is 15.7. The highest BCUT2D eigenvalue weighted by Crippen LogP contribution is 2.15. The second-order valence-electron chi connectivity index (χ2n) is 6.22. The van der Waals surface area contributed by atoms with E-state index < -0.39 is 0 Å². The molecule has 0 radical (unpaired) electrons. The molecule has 0 aromatic heterocycles. The summed E-state index contributed by atoms with van der Waals surface area (Å²) in [5.41, 5.74) is 5.01. The molecule has 128 valence electrons. The third-order valence-corrected chi connectivity index (χ3v) is 4.49. The van der Waals surface area contributed by atoms with Crippen LogP contribution in [-0.4, -0.2) is 5.11 Å². The minimum Gasteiger partial charge on any atom is -0.356 e. The molecule has 3 heteroatoms. The first-order valence-electron chi connectivity index (χ1n) is 8.87. The van der Waals surface area contributed by atoms with Gasteiger partial charge in [-0.15, -0.1) is 0 Å². The van der Waals surface area contributed by atoms with Crippen molar-refractivity contribution in [3.8, 4) is 0 Å². The van der Waals surface area contributed by atoms with Crippen LogP contribution in [0, 0.1) is 0 Å². The van der Waals surface area contributed by atoms with Crippen molar-refractivity contribution in [3.05, 3.63) is 65.2 Å². The first kappa shape index (κ1) is 18.5. The monoisotopic (exact) mass is 340 g/mol. The van der Waals surface area contributed by atoms with Crippen molar-refractivity contribution in [2.24, 2.45) is 0 Å². The van der Waals surface area contributed by atoms with Crippen LogP contribution in [0.1, 0.15) is 56.3 Å². The van der Waals surface area contributed by atoms with Crippen LogP contribution in [0.2, 0.25) is 0 Å². The Labute approximate surface area is 151 Å². The van der Waals surface area contributed by atoms with Gasteiger partial charge < -0.3 is 10.6 Å². The Hall–Kier alpha value is -1.87. The molecular weight excluding hydrogens is 312 g/mol. The fourth-order valence-electron chi connectivity index (χ4n) is 2.62. The van der Waals surface area contributed by atoms with E-state index in [4.69, 9.17) is 12.2 Å². The second-order valence-corrected chi connectivity index (χ2v) is 6.62. The third-order valence-electron chi connectivity index (χ3n) is 4.27. The van der Waals surface area contributed by atoms with Gasteiger partial charge >= 0.3 is 0 Å². The Morgan fingerprint density at radius 3 is 2.17 bits per heavy atom. The molecule has 1 atom stereocenters. The Balaban J connectivity index is 1.87. The van der Waals surface area contributed by atoms with Crippen LogP contribution in [0.3, 0.4) is 0 Å². The van der Waals surface area contributed by atoms with E-state index in [1.165, 1.54) is 29.5 Å². The number of nitrogens with one attached hydrogen (secondary N) is 2. The Morgan fingerprint density at radius 1 is 0.958 bits per heavy atom. The molecule has 0 spiro atoms. The molecule has 2 rings (SSSR count). The highest BCUT2D eigenvalue weighted by Gasteiger charge is 2.07. The van der Waals surface area contributed by atoms with Crippen molar-refractivity contribution in [1.82, 2.24) is 5.32 Å². The van der Waals surface area contributed by atoms with Crippen LogP contribution in [-0.2, 0) is 12.8 Å². The van der Waals surface area contributed by atoms with Crippen LogP contribution in [0.4, 0.5) is 5.69 Å². The van der Waals surface area contributed by atoms with Crippen LogP contribution < -0.4 is 10.6 Å². The summed E-state index contributed by atoms with van der Waals surface area (Å²) in [5, 5.41) is 7.28. The molecule has 0 aliphatic rings. The van der Waals surface area contributed by atoms with Crippen molar-refractivity contribution in [3.63, 3.8) is 0 Å². The summed E-state index contributed by atoms with van der Waals surface area (Å²) >= 11 is 5.44. The molecule has 24 heavy (non-hydrogen) atoms. The van der Waals surface area contributed by atoms with Crippen molar-refractivity contribution in [2.75, 3.05) is 5.32 Å². The summed E-state index contributed by atoms with van der Waals surface area (Å²) in [7, 11) is 0. The molecule has 0 heterocycles. The van der Waals surface area contributed by atoms with E-state index in [0.717, 1.165) is 18.5 Å². The summed E-state index contributed by atoms with van der Waals surface area (Å²) in [6.45, 7) is 6.52. The smallest absolute Gasteiger partial charge is 0.171 e. The summed E-state index contributed by atoms with van der Waals surface area (Å²) < 4.78 is 0. The van der Waals surface area contributed by atoms with E-state index in [1.807, 2.05) is 0 Å². The lowest BCUT2D eigenvalue weighted by molar-refractivity contribution is 0.722. The summed E-state index contributed by atoms with van der Waals surface area (Å²) in [6, 6.07) is 17.4. The van der Waals surface area contributed by atoms with E-state index >= 15 is 0 Å². The molecule has 2 aromatic carbocycles. The number of thiocarbonyl (C=S) groups is 1. The maximum absolute atomic E-state index is 5.44. The highest BCUT2D eigenvalue weighted by molar-refractivity contribution is 7.80. The third kappa shape index (κ3) is 5.64. The van der Waals surface area contributed by atoms with E-state index in [1.54, 1.807) is 0 Å². The lowest BCUT2D eigenvalue weighted by Gasteiger charge is -2.18. The Morgan fingerprint density at radius 2 is 1.58 bits per heavy atom. The number of aryl methyl sites for hydroxylation is 2. The van der Waals surface area contributed by atoms with Crippen molar-refractivity contribution < 1.29 is 0 Å². The SMILES string of the molecule is CCCCc1ccc(NC(=S)NC(C)c2ccc(CC)cc2)cc1. The molecule has 1 unspecified atom stereocenters. The molecule has 2 N–H and O–H groups in total. The second kappa shape index (κ2) is 9.43.